The number of rotatable bonds is 7. The van der Waals surface area contributed by atoms with E-state index in [-0.39, 0.29) is 17.3 Å². The van der Waals surface area contributed by atoms with Crippen LogP contribution in [0, 0.1) is 18.6 Å². The monoisotopic (exact) mass is 398 g/mol. The molecule has 0 aliphatic carbocycles. The van der Waals surface area contributed by atoms with E-state index in [4.69, 9.17) is 4.74 Å². The molecule has 2 N–H and O–H groups in total. The number of ether oxygens (including phenoxy) is 1. The van der Waals surface area contributed by atoms with Crippen molar-refractivity contribution in [1.29, 1.82) is 0 Å². The van der Waals surface area contributed by atoms with E-state index in [9.17, 15) is 13.6 Å². The van der Waals surface area contributed by atoms with Gasteiger partial charge in [-0.2, -0.15) is 0 Å². The number of amides is 1. The number of aryl methyl sites for hydroxylation is 1. The Morgan fingerprint density at radius 3 is 2.52 bits per heavy atom. The second-order valence-corrected chi connectivity index (χ2v) is 6.26. The molecule has 0 aliphatic rings. The Labute approximate surface area is 167 Å². The molecular formula is C21H20F2N4O2. The number of anilines is 2. The number of methoxy groups -OCH3 is 1. The van der Waals surface area contributed by atoms with Gasteiger partial charge in [-0.05, 0) is 43.2 Å². The van der Waals surface area contributed by atoms with Crippen LogP contribution in [0.5, 0.6) is 5.75 Å². The van der Waals surface area contributed by atoms with Crippen LogP contribution in [0.4, 0.5) is 20.4 Å². The predicted octanol–water partition coefficient (Wildman–Crippen LogP) is 3.79. The Balaban J connectivity index is 1.69. The summed E-state index contributed by atoms with van der Waals surface area (Å²) in [6, 6.07) is 12.5. The molecule has 1 aromatic heterocycles. The minimum absolute atomic E-state index is 0.0659. The fourth-order valence-corrected chi connectivity index (χ4v) is 2.78. The van der Waals surface area contributed by atoms with Crippen LogP contribution in [0.1, 0.15) is 21.7 Å². The summed E-state index contributed by atoms with van der Waals surface area (Å²) in [6.45, 7) is 2.03. The molecule has 0 radical (unpaired) electrons. The molecule has 0 unspecified atom stereocenters. The van der Waals surface area contributed by atoms with Gasteiger partial charge in [0.1, 0.15) is 28.8 Å². The van der Waals surface area contributed by atoms with Crippen LogP contribution < -0.4 is 15.4 Å². The second kappa shape index (κ2) is 9.09. The van der Waals surface area contributed by atoms with Crippen LogP contribution in [0.2, 0.25) is 0 Å². The zero-order chi connectivity index (χ0) is 20.8. The molecule has 0 bridgehead atoms. The Bertz CT molecular complexity index is 1010. The smallest absolute Gasteiger partial charge is 0.270 e. The zero-order valence-corrected chi connectivity index (χ0v) is 16.0. The number of aromatic nitrogens is 2. The van der Waals surface area contributed by atoms with Crippen LogP contribution in [-0.4, -0.2) is 29.5 Å². The van der Waals surface area contributed by atoms with Crippen molar-refractivity contribution >= 4 is 17.5 Å². The number of halogens is 2. The van der Waals surface area contributed by atoms with Gasteiger partial charge in [-0.15, -0.1) is 0 Å². The summed E-state index contributed by atoms with van der Waals surface area (Å²) in [5.74, 6) is -1.29. The lowest BCUT2D eigenvalue weighted by Crippen LogP contribution is -2.27. The first kappa shape index (κ1) is 20.2. The summed E-state index contributed by atoms with van der Waals surface area (Å²) < 4.78 is 33.0. The Hall–Kier alpha value is -3.55. The molecule has 1 heterocycles. The Kier molecular flexibility index (Phi) is 6.33. The molecule has 0 fully saturated rings. The molecule has 2 aromatic carbocycles. The number of hydrogen-bond acceptors (Lipinski definition) is 5. The third-order valence-electron chi connectivity index (χ3n) is 4.16. The highest BCUT2D eigenvalue weighted by Gasteiger charge is 2.14. The van der Waals surface area contributed by atoms with Crippen molar-refractivity contribution < 1.29 is 18.3 Å². The largest absolute Gasteiger partial charge is 0.496 e. The summed E-state index contributed by atoms with van der Waals surface area (Å²) in [7, 11) is 1.59. The van der Waals surface area contributed by atoms with Crippen LogP contribution in [0.25, 0.3) is 0 Å². The number of carbonyl (C=O) groups excluding carboxylic acids is 1. The number of nitrogens with one attached hydrogen (secondary N) is 2. The topological polar surface area (TPSA) is 76.1 Å². The van der Waals surface area contributed by atoms with E-state index in [1.54, 1.807) is 14.0 Å². The van der Waals surface area contributed by atoms with E-state index in [1.165, 1.54) is 12.1 Å². The van der Waals surface area contributed by atoms with Gasteiger partial charge in [0, 0.05) is 12.2 Å². The SMILES string of the molecule is COc1ccccc1CCNC(=O)c1cc(C)nc(Nc2c(F)cccc2F)n1. The number of para-hydroxylation sites is 2. The first-order valence-electron chi connectivity index (χ1n) is 8.94. The summed E-state index contributed by atoms with van der Waals surface area (Å²) in [4.78, 5) is 20.6. The van der Waals surface area contributed by atoms with Crippen molar-refractivity contribution in [2.45, 2.75) is 13.3 Å². The maximum Gasteiger partial charge on any atom is 0.270 e. The highest BCUT2D eigenvalue weighted by Crippen LogP contribution is 2.21. The number of carbonyl (C=O) groups is 1. The lowest BCUT2D eigenvalue weighted by Gasteiger charge is -2.11. The number of hydrogen-bond donors (Lipinski definition) is 2. The van der Waals surface area contributed by atoms with Crippen molar-refractivity contribution in [3.8, 4) is 5.75 Å². The number of benzene rings is 2. The van der Waals surface area contributed by atoms with Crippen LogP contribution >= 0.6 is 0 Å². The fraction of sp³-hybridized carbons (Fsp3) is 0.190. The van der Waals surface area contributed by atoms with E-state index in [2.05, 4.69) is 20.6 Å². The van der Waals surface area contributed by atoms with Crippen molar-refractivity contribution in [3.05, 3.63) is 77.1 Å². The fourth-order valence-electron chi connectivity index (χ4n) is 2.78. The van der Waals surface area contributed by atoms with E-state index < -0.39 is 17.5 Å². The minimum atomic E-state index is -0.780. The van der Waals surface area contributed by atoms with Crippen LogP contribution in [0.15, 0.2) is 48.5 Å². The highest BCUT2D eigenvalue weighted by molar-refractivity contribution is 5.92. The molecule has 0 aliphatic heterocycles. The van der Waals surface area contributed by atoms with Gasteiger partial charge < -0.3 is 15.4 Å². The van der Waals surface area contributed by atoms with Gasteiger partial charge in [0.25, 0.3) is 5.91 Å². The third-order valence-corrected chi connectivity index (χ3v) is 4.16. The molecule has 3 aromatic rings. The van der Waals surface area contributed by atoms with E-state index in [0.717, 1.165) is 23.4 Å². The first-order valence-corrected chi connectivity index (χ1v) is 8.94. The normalized spacial score (nSPS) is 10.5. The van der Waals surface area contributed by atoms with Crippen molar-refractivity contribution in [2.24, 2.45) is 0 Å². The van der Waals surface area contributed by atoms with E-state index >= 15 is 0 Å². The third kappa shape index (κ3) is 5.04. The molecule has 0 atom stereocenters. The van der Waals surface area contributed by atoms with Crippen LogP contribution in [-0.2, 0) is 6.42 Å². The molecule has 0 saturated heterocycles. The maximum absolute atomic E-state index is 13.8. The lowest BCUT2D eigenvalue weighted by molar-refractivity contribution is 0.0949. The van der Waals surface area contributed by atoms with E-state index in [1.807, 2.05) is 24.3 Å². The lowest BCUT2D eigenvalue weighted by atomic mass is 10.1. The quantitative estimate of drug-likeness (QED) is 0.633. The molecule has 150 valence electrons. The average molecular weight is 398 g/mol. The van der Waals surface area contributed by atoms with Crippen molar-refractivity contribution in [3.63, 3.8) is 0 Å². The average Bonchev–Trinajstić information content (AvgIpc) is 2.70. The molecule has 8 heteroatoms. The van der Waals surface area contributed by atoms with E-state index in [0.29, 0.717) is 18.7 Å². The minimum Gasteiger partial charge on any atom is -0.496 e. The van der Waals surface area contributed by atoms with Crippen LogP contribution in [0.3, 0.4) is 0 Å². The van der Waals surface area contributed by atoms with Crippen molar-refractivity contribution in [1.82, 2.24) is 15.3 Å². The molecular weight excluding hydrogens is 378 g/mol. The molecule has 29 heavy (non-hydrogen) atoms. The summed E-state index contributed by atoms with van der Waals surface area (Å²) in [6.07, 6.45) is 0.575. The highest BCUT2D eigenvalue weighted by atomic mass is 19.1. The van der Waals surface area contributed by atoms with Crippen molar-refractivity contribution in [2.75, 3.05) is 19.0 Å². The van der Waals surface area contributed by atoms with Gasteiger partial charge in [-0.3, -0.25) is 4.79 Å². The first-order chi connectivity index (χ1) is 14.0. The number of nitrogens with zero attached hydrogens (tertiary/aromatic N) is 2. The Morgan fingerprint density at radius 2 is 1.79 bits per heavy atom. The van der Waals surface area contributed by atoms with Gasteiger partial charge in [-0.1, -0.05) is 24.3 Å². The Morgan fingerprint density at radius 1 is 1.07 bits per heavy atom. The molecule has 6 nitrogen and oxygen atoms in total. The van der Waals surface area contributed by atoms with Gasteiger partial charge in [0.05, 0.1) is 7.11 Å². The molecule has 1 amide bonds. The summed E-state index contributed by atoms with van der Waals surface area (Å²) in [5.41, 5.74) is 1.16. The van der Waals surface area contributed by atoms with Gasteiger partial charge >= 0.3 is 0 Å². The predicted molar refractivity (Wildman–Crippen MR) is 105 cm³/mol. The van der Waals surface area contributed by atoms with Gasteiger partial charge in [0.15, 0.2) is 0 Å². The zero-order valence-electron chi connectivity index (χ0n) is 16.0. The second-order valence-electron chi connectivity index (χ2n) is 6.26. The summed E-state index contributed by atoms with van der Waals surface area (Å²) in [5, 5.41) is 5.28. The van der Waals surface area contributed by atoms with Gasteiger partial charge in [-0.25, -0.2) is 18.7 Å². The van der Waals surface area contributed by atoms with Gasteiger partial charge in [0.2, 0.25) is 5.95 Å². The maximum atomic E-state index is 13.8. The molecule has 0 spiro atoms. The molecule has 3 rings (SSSR count). The standard InChI is InChI=1S/C21H20F2N4O2/c1-13-12-17(20(28)24-11-10-14-6-3-4-9-18(14)29-2)26-21(25-13)27-19-15(22)7-5-8-16(19)23/h3-9,12H,10-11H2,1-2H3,(H,24,28)(H,25,26,27). The molecule has 0 saturated carbocycles. The summed E-state index contributed by atoms with van der Waals surface area (Å²) >= 11 is 0.